The molecule has 3 aliphatic heterocycles. The molecule has 5 heteroatoms. The highest BCUT2D eigenvalue weighted by Gasteiger charge is 2.73. The molecule has 154 valence electrons. The first-order valence-corrected chi connectivity index (χ1v) is 12.1. The van der Waals surface area contributed by atoms with Crippen molar-refractivity contribution in [3.8, 4) is 0 Å². The first kappa shape index (κ1) is 21.2. The number of fused-ring (bicyclic) bond motifs is 5. The highest BCUT2D eigenvalue weighted by atomic mass is 32.2. The number of carbonyl (C=O) groups is 1. The van der Waals surface area contributed by atoms with Gasteiger partial charge in [-0.05, 0) is 43.8 Å². The zero-order valence-electron chi connectivity index (χ0n) is 16.7. The van der Waals surface area contributed by atoms with E-state index in [1.165, 1.54) is 44.3 Å². The Kier molecular flexibility index (Phi) is 8.10. The molecule has 3 heterocycles. The minimum Gasteiger partial charge on any atom is -0.481 e. The zero-order valence-corrected chi connectivity index (χ0v) is 17.6. The van der Waals surface area contributed by atoms with Gasteiger partial charge in [0.1, 0.15) is 17.8 Å². The molecule has 3 fully saturated rings. The van der Waals surface area contributed by atoms with Gasteiger partial charge in [-0.25, -0.2) is 0 Å². The van der Waals surface area contributed by atoms with Crippen molar-refractivity contribution in [3.63, 3.8) is 0 Å². The molecule has 0 radical (unpaired) electrons. The van der Waals surface area contributed by atoms with Crippen molar-refractivity contribution < 1.29 is 19.4 Å². The van der Waals surface area contributed by atoms with Crippen LogP contribution in [0.5, 0.6) is 0 Å². The minimum atomic E-state index is -0.705. The maximum absolute atomic E-state index is 10.6. The molecule has 0 aromatic rings. The summed E-state index contributed by atoms with van der Waals surface area (Å²) in [6.45, 7) is 2.26. The maximum atomic E-state index is 10.6. The van der Waals surface area contributed by atoms with Gasteiger partial charge < -0.3 is 14.6 Å². The van der Waals surface area contributed by atoms with Gasteiger partial charge >= 0.3 is 5.97 Å². The summed E-state index contributed by atoms with van der Waals surface area (Å²) in [4.78, 5) is 10.6. The summed E-state index contributed by atoms with van der Waals surface area (Å²) in [7, 11) is 0. The molecule has 4 nitrogen and oxygen atoms in total. The van der Waals surface area contributed by atoms with E-state index in [0.29, 0.717) is 24.2 Å². The van der Waals surface area contributed by atoms with Gasteiger partial charge in [0.15, 0.2) is 0 Å². The Morgan fingerprint density at radius 2 is 2.00 bits per heavy atom. The van der Waals surface area contributed by atoms with Crippen LogP contribution in [0.2, 0.25) is 0 Å². The Morgan fingerprint density at radius 3 is 2.78 bits per heavy atom. The Labute approximate surface area is 168 Å². The van der Waals surface area contributed by atoms with Gasteiger partial charge in [-0.15, -0.1) is 0 Å². The third-order valence-electron chi connectivity index (χ3n) is 6.27. The lowest BCUT2D eigenvalue weighted by Gasteiger charge is -2.31. The van der Waals surface area contributed by atoms with Gasteiger partial charge in [-0.1, -0.05) is 51.2 Å². The van der Waals surface area contributed by atoms with E-state index in [0.717, 1.165) is 31.4 Å². The van der Waals surface area contributed by atoms with Crippen LogP contribution in [-0.2, 0) is 14.3 Å². The van der Waals surface area contributed by atoms with Crippen LogP contribution in [0.4, 0.5) is 0 Å². The summed E-state index contributed by atoms with van der Waals surface area (Å²) in [6, 6.07) is 0. The van der Waals surface area contributed by atoms with Crippen molar-refractivity contribution in [2.75, 3.05) is 11.5 Å². The summed E-state index contributed by atoms with van der Waals surface area (Å²) >= 11 is 2.05. The zero-order chi connectivity index (χ0) is 19.1. The predicted octanol–water partition coefficient (Wildman–Crippen LogP) is 5.21. The molecule has 0 aromatic heterocycles. The second-order valence-corrected chi connectivity index (χ2v) is 9.48. The summed E-state index contributed by atoms with van der Waals surface area (Å²) in [5, 5.41) is 8.70. The lowest BCUT2D eigenvalue weighted by atomic mass is 9.77. The van der Waals surface area contributed by atoms with Crippen molar-refractivity contribution in [3.05, 3.63) is 12.2 Å². The third-order valence-corrected chi connectivity index (χ3v) is 7.50. The van der Waals surface area contributed by atoms with Gasteiger partial charge in [-0.2, -0.15) is 11.8 Å². The largest absolute Gasteiger partial charge is 0.481 e. The lowest BCUT2D eigenvalue weighted by Crippen LogP contribution is -2.43. The quantitative estimate of drug-likeness (QED) is 0.234. The van der Waals surface area contributed by atoms with E-state index in [2.05, 4.69) is 30.8 Å². The number of ether oxygens (including phenoxy) is 2. The van der Waals surface area contributed by atoms with E-state index >= 15 is 0 Å². The van der Waals surface area contributed by atoms with Crippen molar-refractivity contribution in [1.29, 1.82) is 0 Å². The van der Waals surface area contributed by atoms with Gasteiger partial charge in [-0.3, -0.25) is 4.79 Å². The molecule has 3 rings (SSSR count). The third kappa shape index (κ3) is 5.51. The molecule has 0 saturated carbocycles. The Hall–Kier alpha value is -0.520. The van der Waals surface area contributed by atoms with Crippen LogP contribution in [0.1, 0.15) is 77.6 Å². The van der Waals surface area contributed by atoms with Crippen LogP contribution in [0.3, 0.4) is 0 Å². The van der Waals surface area contributed by atoms with Gasteiger partial charge in [0.2, 0.25) is 0 Å². The number of carboxylic acid groups (broad SMARTS) is 1. The SMILES string of the molecule is CCCCCCCCSC[C@]12O[C@H](C[C@H]1C/C=C\CCCC(=O)O)[C@@H]1O[C@@H]12. The molecule has 0 aromatic carbocycles. The normalized spacial score (nSPS) is 33.7. The summed E-state index contributed by atoms with van der Waals surface area (Å²) < 4.78 is 12.4. The van der Waals surface area contributed by atoms with Crippen molar-refractivity contribution in [1.82, 2.24) is 0 Å². The Bertz CT molecular complexity index is 509. The number of allylic oxidation sites excluding steroid dienone is 2. The van der Waals surface area contributed by atoms with E-state index in [9.17, 15) is 4.79 Å². The molecule has 2 bridgehead atoms. The smallest absolute Gasteiger partial charge is 0.303 e. The van der Waals surface area contributed by atoms with Crippen molar-refractivity contribution in [2.45, 2.75) is 101 Å². The van der Waals surface area contributed by atoms with E-state index < -0.39 is 5.97 Å². The molecule has 3 aliphatic rings. The molecular weight excluding hydrogens is 360 g/mol. The van der Waals surface area contributed by atoms with E-state index in [-0.39, 0.29) is 12.0 Å². The number of carboxylic acids is 1. The molecule has 5 atom stereocenters. The number of hydrogen-bond donors (Lipinski definition) is 1. The molecule has 0 spiro atoms. The lowest BCUT2D eigenvalue weighted by molar-refractivity contribution is -0.137. The molecule has 27 heavy (non-hydrogen) atoms. The summed E-state index contributed by atoms with van der Waals surface area (Å²) in [5.41, 5.74) is -0.0619. The molecule has 0 amide bonds. The van der Waals surface area contributed by atoms with Crippen LogP contribution in [0.15, 0.2) is 12.2 Å². The monoisotopic (exact) mass is 396 g/mol. The van der Waals surface area contributed by atoms with E-state index in [1.54, 1.807) is 0 Å². The second kappa shape index (κ2) is 10.3. The second-order valence-electron chi connectivity index (χ2n) is 8.38. The number of thioether (sulfide) groups is 1. The Balaban J connectivity index is 1.36. The minimum absolute atomic E-state index is 0.0619. The number of aliphatic carboxylic acids is 1. The van der Waals surface area contributed by atoms with Crippen LogP contribution in [-0.4, -0.2) is 46.5 Å². The molecule has 0 unspecified atom stereocenters. The van der Waals surface area contributed by atoms with Gasteiger partial charge in [0.05, 0.1) is 6.10 Å². The topological polar surface area (TPSA) is 59.1 Å². The fourth-order valence-corrected chi connectivity index (χ4v) is 6.04. The average molecular weight is 397 g/mol. The van der Waals surface area contributed by atoms with Crippen LogP contribution in [0.25, 0.3) is 0 Å². The summed E-state index contributed by atoms with van der Waals surface area (Å²) in [6.07, 6.45) is 17.5. The number of unbranched alkanes of at least 4 members (excludes halogenated alkanes) is 6. The fraction of sp³-hybridized carbons (Fsp3) is 0.864. The molecule has 3 saturated heterocycles. The average Bonchev–Trinajstić information content (AvgIpc) is 3.32. The molecular formula is C22H36O4S. The summed E-state index contributed by atoms with van der Waals surface area (Å²) in [5.74, 6) is 2.15. The predicted molar refractivity (Wildman–Crippen MR) is 110 cm³/mol. The van der Waals surface area contributed by atoms with E-state index in [1.807, 2.05) is 0 Å². The van der Waals surface area contributed by atoms with Crippen LogP contribution in [0, 0.1) is 5.92 Å². The number of hydrogen-bond acceptors (Lipinski definition) is 4. The highest BCUT2D eigenvalue weighted by molar-refractivity contribution is 7.99. The first-order chi connectivity index (χ1) is 13.2. The maximum Gasteiger partial charge on any atom is 0.303 e. The fourth-order valence-electron chi connectivity index (χ4n) is 4.70. The number of rotatable bonds is 15. The van der Waals surface area contributed by atoms with Crippen molar-refractivity contribution >= 4 is 17.7 Å². The molecule has 0 aliphatic carbocycles. The van der Waals surface area contributed by atoms with Crippen LogP contribution < -0.4 is 0 Å². The van der Waals surface area contributed by atoms with Crippen molar-refractivity contribution in [2.24, 2.45) is 5.92 Å². The van der Waals surface area contributed by atoms with E-state index in [4.69, 9.17) is 14.6 Å². The van der Waals surface area contributed by atoms with Crippen LogP contribution >= 0.6 is 11.8 Å². The highest BCUT2D eigenvalue weighted by Crippen LogP contribution is 2.59. The van der Waals surface area contributed by atoms with Gasteiger partial charge in [0.25, 0.3) is 0 Å². The first-order valence-electron chi connectivity index (χ1n) is 10.9. The Morgan fingerprint density at radius 1 is 1.19 bits per heavy atom. The van der Waals surface area contributed by atoms with Gasteiger partial charge in [0, 0.05) is 12.2 Å². The number of epoxide rings is 1. The standard InChI is InChI=1S/C22H36O4S/c1-2-3-4-5-8-11-14-27-16-22-17(12-9-6-7-10-13-19(23)24)15-18(26-22)20-21(22)25-20/h6,9,17-18,20-21H,2-5,7-8,10-16H2,1H3,(H,23,24)/b9-6-/t17-,18-,20+,21+,22+/m1/s1. The molecule has 1 N–H and O–H groups in total.